The maximum atomic E-state index is 12.8. The summed E-state index contributed by atoms with van der Waals surface area (Å²) < 4.78 is 16.2. The number of morpholine rings is 1. The zero-order valence-corrected chi connectivity index (χ0v) is 16.9. The lowest BCUT2D eigenvalue weighted by atomic mass is 10.1. The molecule has 9 heteroatoms. The van der Waals surface area contributed by atoms with Crippen molar-refractivity contribution in [3.05, 3.63) is 41.3 Å². The van der Waals surface area contributed by atoms with Gasteiger partial charge in [0.15, 0.2) is 11.5 Å². The molecule has 0 aliphatic carbocycles. The van der Waals surface area contributed by atoms with Crippen LogP contribution in [0.5, 0.6) is 11.5 Å². The van der Waals surface area contributed by atoms with Crippen molar-refractivity contribution in [2.75, 3.05) is 46.6 Å². The van der Waals surface area contributed by atoms with Gasteiger partial charge in [0, 0.05) is 18.7 Å². The molecular formula is C20H22N2O6S. The van der Waals surface area contributed by atoms with E-state index in [2.05, 4.69) is 6.58 Å². The van der Waals surface area contributed by atoms with E-state index in [0.29, 0.717) is 43.4 Å². The predicted molar refractivity (Wildman–Crippen MR) is 109 cm³/mol. The van der Waals surface area contributed by atoms with Gasteiger partial charge >= 0.3 is 0 Å². The van der Waals surface area contributed by atoms with Crippen LogP contribution in [-0.4, -0.2) is 73.4 Å². The fraction of sp³-hybridized carbons (Fsp3) is 0.350. The van der Waals surface area contributed by atoms with Crippen LogP contribution in [0.1, 0.15) is 5.56 Å². The average molecular weight is 418 g/mol. The van der Waals surface area contributed by atoms with Crippen LogP contribution in [-0.2, 0) is 14.3 Å². The Morgan fingerprint density at radius 3 is 2.76 bits per heavy atom. The van der Waals surface area contributed by atoms with Crippen molar-refractivity contribution >= 4 is 34.9 Å². The summed E-state index contributed by atoms with van der Waals surface area (Å²) in [5, 5.41) is -0.473. The molecule has 2 saturated heterocycles. The molecule has 2 heterocycles. The number of benzene rings is 1. The lowest BCUT2D eigenvalue weighted by Gasteiger charge is -2.28. The largest absolute Gasteiger partial charge is 0.493 e. The molecule has 1 aromatic carbocycles. The van der Waals surface area contributed by atoms with Gasteiger partial charge in [-0.15, -0.1) is 0 Å². The minimum atomic E-state index is -0.501. The normalized spacial score (nSPS) is 18.3. The molecule has 0 N–H and O–H groups in total. The van der Waals surface area contributed by atoms with Crippen LogP contribution < -0.4 is 9.47 Å². The molecule has 8 nitrogen and oxygen atoms in total. The highest BCUT2D eigenvalue weighted by atomic mass is 32.2. The number of hydrogen-bond acceptors (Lipinski definition) is 7. The quantitative estimate of drug-likeness (QED) is 0.495. The Hall–Kier alpha value is -2.78. The second-order valence-corrected chi connectivity index (χ2v) is 7.23. The first-order chi connectivity index (χ1) is 14.0. The summed E-state index contributed by atoms with van der Waals surface area (Å²) in [7, 11) is 1.52. The third-order valence-electron chi connectivity index (χ3n) is 4.39. The second-order valence-electron chi connectivity index (χ2n) is 6.24. The van der Waals surface area contributed by atoms with E-state index in [1.54, 1.807) is 35.3 Å². The maximum Gasteiger partial charge on any atom is 0.294 e. The minimum absolute atomic E-state index is 0.224. The van der Waals surface area contributed by atoms with Gasteiger partial charge in [0.25, 0.3) is 11.1 Å². The van der Waals surface area contributed by atoms with Gasteiger partial charge in [0.2, 0.25) is 5.91 Å². The molecule has 0 bridgehead atoms. The van der Waals surface area contributed by atoms with Crippen molar-refractivity contribution in [3.8, 4) is 11.5 Å². The first-order valence-electron chi connectivity index (χ1n) is 9.06. The zero-order valence-electron chi connectivity index (χ0n) is 16.1. The molecule has 2 fully saturated rings. The summed E-state index contributed by atoms with van der Waals surface area (Å²) in [6.07, 6.45) is 3.17. The summed E-state index contributed by atoms with van der Waals surface area (Å²) in [5.74, 6) is 0.181. The lowest BCUT2D eigenvalue weighted by Crippen LogP contribution is -2.46. The lowest BCUT2D eigenvalue weighted by molar-refractivity contribution is -0.139. The van der Waals surface area contributed by atoms with Crippen LogP contribution in [0, 0.1) is 0 Å². The third-order valence-corrected chi connectivity index (χ3v) is 5.30. The van der Waals surface area contributed by atoms with Gasteiger partial charge in [-0.1, -0.05) is 24.8 Å². The number of para-hydroxylation sites is 1. The number of rotatable bonds is 7. The summed E-state index contributed by atoms with van der Waals surface area (Å²) >= 11 is 0.798. The number of methoxy groups -OCH3 is 1. The molecule has 0 atom stereocenters. The van der Waals surface area contributed by atoms with Crippen molar-refractivity contribution in [2.45, 2.75) is 0 Å². The highest BCUT2D eigenvalue weighted by molar-refractivity contribution is 8.18. The van der Waals surface area contributed by atoms with E-state index >= 15 is 0 Å². The Bertz CT molecular complexity index is 847. The van der Waals surface area contributed by atoms with E-state index in [1.807, 2.05) is 0 Å². The summed E-state index contributed by atoms with van der Waals surface area (Å²) in [5.41, 5.74) is 0.594. The molecule has 1 aromatic rings. The van der Waals surface area contributed by atoms with Gasteiger partial charge in [0.1, 0.15) is 13.2 Å². The molecule has 2 aliphatic rings. The Labute approximate surface area is 173 Å². The SMILES string of the molecule is C=CCOc1c(/C=C2\SC(=O)N(CC(=O)N3CCOCC3)C2=O)cccc1OC. The van der Waals surface area contributed by atoms with Crippen LogP contribution in [0.4, 0.5) is 4.79 Å². The highest BCUT2D eigenvalue weighted by Gasteiger charge is 2.37. The average Bonchev–Trinajstić information content (AvgIpc) is 3.00. The molecule has 0 aromatic heterocycles. The monoisotopic (exact) mass is 418 g/mol. The summed E-state index contributed by atoms with van der Waals surface area (Å²) in [6.45, 7) is 5.44. The van der Waals surface area contributed by atoms with Crippen LogP contribution in [0.3, 0.4) is 0 Å². The molecule has 29 heavy (non-hydrogen) atoms. The fourth-order valence-electron chi connectivity index (χ4n) is 2.93. The standard InChI is InChI=1S/C20H22N2O6S/c1-3-9-28-18-14(5-4-6-15(18)26-2)12-16-19(24)22(20(25)29-16)13-17(23)21-7-10-27-11-8-21/h3-6,12H,1,7-11,13H2,2H3/b16-12-. The Morgan fingerprint density at radius 1 is 1.31 bits per heavy atom. The van der Waals surface area contributed by atoms with E-state index < -0.39 is 11.1 Å². The van der Waals surface area contributed by atoms with Crippen molar-refractivity contribution in [3.63, 3.8) is 0 Å². The topological polar surface area (TPSA) is 85.4 Å². The van der Waals surface area contributed by atoms with Crippen molar-refractivity contribution in [2.24, 2.45) is 0 Å². The van der Waals surface area contributed by atoms with Gasteiger partial charge in [-0.25, -0.2) is 0 Å². The van der Waals surface area contributed by atoms with E-state index in [1.165, 1.54) is 7.11 Å². The van der Waals surface area contributed by atoms with Gasteiger partial charge < -0.3 is 19.1 Å². The second kappa shape index (κ2) is 9.62. The Kier molecular flexibility index (Phi) is 6.95. The molecule has 0 saturated carbocycles. The summed E-state index contributed by atoms with van der Waals surface area (Å²) in [4.78, 5) is 40.3. The van der Waals surface area contributed by atoms with E-state index in [0.717, 1.165) is 16.7 Å². The van der Waals surface area contributed by atoms with Gasteiger partial charge in [-0.2, -0.15) is 0 Å². The van der Waals surface area contributed by atoms with Crippen LogP contribution in [0.25, 0.3) is 6.08 Å². The van der Waals surface area contributed by atoms with Crippen LogP contribution in [0.15, 0.2) is 35.8 Å². The minimum Gasteiger partial charge on any atom is -0.493 e. The predicted octanol–water partition coefficient (Wildman–Crippen LogP) is 2.16. The van der Waals surface area contributed by atoms with Crippen molar-refractivity contribution < 1.29 is 28.6 Å². The molecule has 0 spiro atoms. The molecule has 154 valence electrons. The Balaban J connectivity index is 1.79. The maximum absolute atomic E-state index is 12.8. The molecule has 2 aliphatic heterocycles. The van der Waals surface area contributed by atoms with Crippen LogP contribution in [0.2, 0.25) is 0 Å². The third kappa shape index (κ3) is 4.80. The number of thioether (sulfide) groups is 1. The first-order valence-corrected chi connectivity index (χ1v) is 9.88. The summed E-state index contributed by atoms with van der Waals surface area (Å²) in [6, 6.07) is 5.26. The highest BCUT2D eigenvalue weighted by Crippen LogP contribution is 2.37. The molecule has 3 rings (SSSR count). The van der Waals surface area contributed by atoms with Gasteiger partial charge in [-0.3, -0.25) is 19.3 Å². The number of imide groups is 1. The number of nitrogens with zero attached hydrogens (tertiary/aromatic N) is 2. The van der Waals surface area contributed by atoms with E-state index in [4.69, 9.17) is 14.2 Å². The smallest absolute Gasteiger partial charge is 0.294 e. The number of carbonyl (C=O) groups excluding carboxylic acids is 3. The van der Waals surface area contributed by atoms with Crippen molar-refractivity contribution in [1.82, 2.24) is 9.80 Å². The van der Waals surface area contributed by atoms with Crippen LogP contribution >= 0.6 is 11.8 Å². The zero-order chi connectivity index (χ0) is 20.8. The first kappa shape index (κ1) is 20.9. The molecule has 3 amide bonds. The van der Waals surface area contributed by atoms with E-state index in [9.17, 15) is 14.4 Å². The van der Waals surface area contributed by atoms with Gasteiger partial charge in [0.05, 0.1) is 25.2 Å². The fourth-order valence-corrected chi connectivity index (χ4v) is 3.76. The number of amides is 3. The van der Waals surface area contributed by atoms with Crippen molar-refractivity contribution in [1.29, 1.82) is 0 Å². The number of hydrogen-bond donors (Lipinski definition) is 0. The molecule has 0 unspecified atom stereocenters. The number of carbonyl (C=O) groups is 3. The van der Waals surface area contributed by atoms with E-state index in [-0.39, 0.29) is 24.0 Å². The Morgan fingerprint density at radius 2 is 2.07 bits per heavy atom. The molecule has 0 radical (unpaired) electrons. The number of ether oxygens (including phenoxy) is 3. The molecular weight excluding hydrogens is 396 g/mol. The van der Waals surface area contributed by atoms with Gasteiger partial charge in [-0.05, 0) is 23.9 Å².